The van der Waals surface area contributed by atoms with Crippen LogP contribution in [-0.4, -0.2) is 51.5 Å². The van der Waals surface area contributed by atoms with Gasteiger partial charge in [0.2, 0.25) is 5.91 Å². The van der Waals surface area contributed by atoms with Crippen molar-refractivity contribution >= 4 is 17.5 Å². The van der Waals surface area contributed by atoms with Crippen LogP contribution in [0.25, 0.3) is 0 Å². The van der Waals surface area contributed by atoms with Gasteiger partial charge in [-0.25, -0.2) is 0 Å². The highest BCUT2D eigenvalue weighted by molar-refractivity contribution is 6.06. The Hall–Kier alpha value is -3.44. The summed E-state index contributed by atoms with van der Waals surface area (Å²) in [5, 5.41) is 13.4. The number of likely N-dealkylation sites (tertiary alicyclic amines) is 1. The second-order valence-electron chi connectivity index (χ2n) is 14.0. The number of anilines is 1. The molecule has 8 heteroatoms. The minimum Gasteiger partial charge on any atom is -0.371 e. The molecule has 2 heterocycles. The molecule has 3 atom stereocenters. The second kappa shape index (κ2) is 12.4. The maximum Gasteiger partial charge on any atom is 0.254 e. The zero-order valence-electron chi connectivity index (χ0n) is 26.3. The maximum atomic E-state index is 14.9. The van der Waals surface area contributed by atoms with Crippen LogP contribution in [-0.2, 0) is 19.7 Å². The van der Waals surface area contributed by atoms with E-state index >= 15 is 0 Å². The lowest BCUT2D eigenvalue weighted by Gasteiger charge is -2.39. The normalized spacial score (nSPS) is 22.3. The van der Waals surface area contributed by atoms with Crippen LogP contribution in [0.4, 0.5) is 5.69 Å². The van der Waals surface area contributed by atoms with E-state index in [9.17, 15) is 14.9 Å². The molecule has 2 amide bonds. The second-order valence-corrected chi connectivity index (χ2v) is 14.0. The summed E-state index contributed by atoms with van der Waals surface area (Å²) in [4.78, 5) is 36.6. The van der Waals surface area contributed by atoms with Crippen molar-refractivity contribution in [3.63, 3.8) is 0 Å². The van der Waals surface area contributed by atoms with Gasteiger partial charge in [-0.3, -0.25) is 24.4 Å². The van der Waals surface area contributed by atoms with Gasteiger partial charge >= 0.3 is 0 Å². The molecular formula is C34H47N5O3. The molecular weight excluding hydrogens is 526 g/mol. The zero-order valence-corrected chi connectivity index (χ0v) is 26.3. The Kier molecular flexibility index (Phi) is 9.32. The Morgan fingerprint density at radius 1 is 1.10 bits per heavy atom. The fourth-order valence-electron chi connectivity index (χ4n) is 6.20. The third-order valence-corrected chi connectivity index (χ3v) is 8.40. The standard InChI is InChI=1S/C34H47N5O3/c1-32(2,3)25-15-17-27(18-16-25)39(31(41)34(7)20-28(22-38(34)23-35)42-33(4,5)6)29(24-12-11-19-36-21-24)30(40)37-26-13-9-8-10-14-26/h11-12,15-19,21,26,28-29H,8-10,13-14,20,22H2,1-7H3,(H,37,40). The van der Waals surface area contributed by atoms with Gasteiger partial charge in [0.05, 0.1) is 18.2 Å². The van der Waals surface area contributed by atoms with Gasteiger partial charge in [0, 0.05) is 36.1 Å². The number of carbonyl (C=O) groups excluding carboxylic acids is 2. The number of benzene rings is 1. The van der Waals surface area contributed by atoms with Crippen LogP contribution in [0.15, 0.2) is 48.8 Å². The summed E-state index contributed by atoms with van der Waals surface area (Å²) < 4.78 is 6.26. The lowest BCUT2D eigenvalue weighted by atomic mass is 9.86. The average Bonchev–Trinajstić information content (AvgIpc) is 3.26. The number of rotatable bonds is 7. The van der Waals surface area contributed by atoms with E-state index in [0.29, 0.717) is 24.2 Å². The molecule has 1 aromatic heterocycles. The molecule has 8 nitrogen and oxygen atoms in total. The lowest BCUT2D eigenvalue weighted by molar-refractivity contribution is -0.131. The molecule has 1 N–H and O–H groups in total. The SMILES string of the molecule is CC(C)(C)OC1CN(C#N)C(C)(C(=O)N(c2ccc(C(C)(C)C)cc2)C(C(=O)NC2CCCCC2)c2cccnc2)C1. The first-order valence-corrected chi connectivity index (χ1v) is 15.2. The maximum absolute atomic E-state index is 14.9. The van der Waals surface area contributed by atoms with Crippen molar-refractivity contribution in [1.29, 1.82) is 5.26 Å². The Morgan fingerprint density at radius 2 is 1.76 bits per heavy atom. The van der Waals surface area contributed by atoms with Crippen molar-refractivity contribution in [2.45, 2.75) is 122 Å². The number of carbonyl (C=O) groups is 2. The number of ether oxygens (including phenoxy) is 1. The summed E-state index contributed by atoms with van der Waals surface area (Å²) in [5.41, 5.74) is 0.611. The van der Waals surface area contributed by atoms with Gasteiger partial charge in [-0.15, -0.1) is 0 Å². The quantitative estimate of drug-likeness (QED) is 0.406. The lowest BCUT2D eigenvalue weighted by Crippen LogP contribution is -2.57. The molecule has 42 heavy (non-hydrogen) atoms. The van der Waals surface area contributed by atoms with E-state index in [1.54, 1.807) is 30.3 Å². The molecule has 0 spiro atoms. The van der Waals surface area contributed by atoms with Crippen molar-refractivity contribution in [2.75, 3.05) is 11.4 Å². The fraction of sp³-hybridized carbons (Fsp3) is 0.588. The number of amides is 2. The van der Waals surface area contributed by atoms with Crippen LogP contribution < -0.4 is 10.2 Å². The monoisotopic (exact) mass is 573 g/mol. The predicted molar refractivity (Wildman–Crippen MR) is 165 cm³/mol. The Balaban J connectivity index is 1.82. The molecule has 2 fully saturated rings. The minimum absolute atomic E-state index is 0.0629. The van der Waals surface area contributed by atoms with Gasteiger partial charge in [0.15, 0.2) is 6.19 Å². The topological polar surface area (TPSA) is 98.6 Å². The number of nitriles is 1. The van der Waals surface area contributed by atoms with Gasteiger partial charge in [0.25, 0.3) is 5.91 Å². The Morgan fingerprint density at radius 3 is 2.31 bits per heavy atom. The first-order valence-electron chi connectivity index (χ1n) is 15.2. The van der Waals surface area contributed by atoms with Crippen LogP contribution >= 0.6 is 0 Å². The Labute approximate surface area is 251 Å². The first kappa shape index (κ1) is 31.5. The third-order valence-electron chi connectivity index (χ3n) is 8.40. The van der Waals surface area contributed by atoms with Crippen LogP contribution in [0, 0.1) is 11.5 Å². The number of aromatic nitrogens is 1. The molecule has 2 aliphatic rings. The summed E-state index contributed by atoms with van der Waals surface area (Å²) in [6, 6.07) is 10.6. The summed E-state index contributed by atoms with van der Waals surface area (Å²) >= 11 is 0. The number of nitrogens with zero attached hydrogens (tertiary/aromatic N) is 4. The highest BCUT2D eigenvalue weighted by Gasteiger charge is 2.52. The smallest absolute Gasteiger partial charge is 0.254 e. The summed E-state index contributed by atoms with van der Waals surface area (Å²) in [6.07, 6.45) is 10.7. The van der Waals surface area contributed by atoms with Crippen molar-refractivity contribution < 1.29 is 14.3 Å². The van der Waals surface area contributed by atoms with E-state index in [1.165, 1.54) is 11.3 Å². The van der Waals surface area contributed by atoms with Crippen molar-refractivity contribution in [3.8, 4) is 6.19 Å². The van der Waals surface area contributed by atoms with Gasteiger partial charge in [-0.2, -0.15) is 5.26 Å². The third kappa shape index (κ3) is 7.12. The fourth-order valence-corrected chi connectivity index (χ4v) is 6.20. The number of hydrogen-bond donors (Lipinski definition) is 1. The van der Waals surface area contributed by atoms with Crippen LogP contribution in [0.5, 0.6) is 0 Å². The largest absolute Gasteiger partial charge is 0.371 e. The van der Waals surface area contributed by atoms with E-state index in [-0.39, 0.29) is 29.4 Å². The first-order chi connectivity index (χ1) is 19.7. The molecule has 1 aliphatic carbocycles. The Bertz CT molecular complexity index is 1270. The van der Waals surface area contributed by atoms with Gasteiger partial charge < -0.3 is 10.1 Å². The molecule has 1 saturated carbocycles. The summed E-state index contributed by atoms with van der Waals surface area (Å²) in [5.74, 6) is -0.559. The average molecular weight is 574 g/mol. The number of nitrogens with one attached hydrogen (secondary N) is 1. The molecule has 1 aromatic carbocycles. The van der Waals surface area contributed by atoms with Gasteiger partial charge in [-0.1, -0.05) is 58.2 Å². The molecule has 4 rings (SSSR count). The van der Waals surface area contributed by atoms with E-state index in [0.717, 1.165) is 31.2 Å². The van der Waals surface area contributed by atoms with Crippen molar-refractivity contribution in [2.24, 2.45) is 0 Å². The molecule has 1 saturated heterocycles. The molecule has 0 bridgehead atoms. The van der Waals surface area contributed by atoms with Gasteiger partial charge in [0.1, 0.15) is 11.6 Å². The van der Waals surface area contributed by atoms with Crippen molar-refractivity contribution in [1.82, 2.24) is 15.2 Å². The molecule has 0 radical (unpaired) electrons. The summed E-state index contributed by atoms with van der Waals surface area (Å²) in [7, 11) is 0. The minimum atomic E-state index is -1.21. The molecule has 3 unspecified atom stereocenters. The van der Waals surface area contributed by atoms with Gasteiger partial charge in [-0.05, 0) is 69.7 Å². The van der Waals surface area contributed by atoms with E-state index in [2.05, 4.69) is 37.3 Å². The zero-order chi connectivity index (χ0) is 30.7. The number of pyridine rings is 1. The van der Waals surface area contributed by atoms with Crippen LogP contribution in [0.3, 0.4) is 0 Å². The molecule has 226 valence electrons. The van der Waals surface area contributed by atoms with Crippen molar-refractivity contribution in [3.05, 3.63) is 59.9 Å². The molecule has 1 aliphatic heterocycles. The summed E-state index contributed by atoms with van der Waals surface area (Å²) in [6.45, 7) is 14.4. The van der Waals surface area contributed by atoms with E-state index in [1.807, 2.05) is 51.1 Å². The van der Waals surface area contributed by atoms with E-state index in [4.69, 9.17) is 4.74 Å². The molecule has 2 aromatic rings. The van der Waals surface area contributed by atoms with Crippen LogP contribution in [0.1, 0.15) is 104 Å². The predicted octanol–water partition coefficient (Wildman–Crippen LogP) is 6.03. The highest BCUT2D eigenvalue weighted by atomic mass is 16.5. The van der Waals surface area contributed by atoms with Crippen LogP contribution in [0.2, 0.25) is 0 Å². The highest BCUT2D eigenvalue weighted by Crippen LogP contribution is 2.39. The number of hydrogen-bond acceptors (Lipinski definition) is 6. The van der Waals surface area contributed by atoms with E-state index < -0.39 is 17.2 Å².